The first-order valence-corrected chi connectivity index (χ1v) is 6.60. The van der Waals surface area contributed by atoms with Gasteiger partial charge >= 0.3 is 0 Å². The van der Waals surface area contributed by atoms with Gasteiger partial charge in [0.25, 0.3) is 0 Å². The Morgan fingerprint density at radius 1 is 1.25 bits per heavy atom. The lowest BCUT2D eigenvalue weighted by atomic mass is 9.84. The van der Waals surface area contributed by atoms with Gasteiger partial charge in [0.2, 0.25) is 0 Å². The number of ether oxygens (including phenoxy) is 1. The molecule has 0 saturated heterocycles. The molecule has 0 radical (unpaired) electrons. The van der Waals surface area contributed by atoms with Crippen LogP contribution in [0.15, 0.2) is 24.3 Å². The van der Waals surface area contributed by atoms with Crippen molar-refractivity contribution >= 4 is 11.6 Å². The maximum Gasteiger partial charge on any atom is 0.119 e. The number of alkyl halides is 1. The minimum atomic E-state index is 0.366. The van der Waals surface area contributed by atoms with Crippen molar-refractivity contribution in [3.05, 3.63) is 29.8 Å². The molecular weight excluding hydrogens is 220 g/mol. The second-order valence-electron chi connectivity index (χ2n) is 4.46. The molecule has 2 atom stereocenters. The number of halogens is 1. The lowest BCUT2D eigenvalue weighted by Gasteiger charge is -2.25. The fraction of sp³-hybridized carbons (Fsp3) is 0.571. The second kappa shape index (κ2) is 5.58. The maximum atomic E-state index is 6.22. The number of hydrogen-bond donors (Lipinski definition) is 0. The topological polar surface area (TPSA) is 9.23 Å². The quantitative estimate of drug-likeness (QED) is 0.712. The molecule has 1 aliphatic carbocycles. The highest BCUT2D eigenvalue weighted by Gasteiger charge is 2.21. The molecule has 0 amide bonds. The van der Waals surface area contributed by atoms with Crippen molar-refractivity contribution < 1.29 is 4.74 Å². The summed E-state index contributed by atoms with van der Waals surface area (Å²) in [6.07, 6.45) is 4.83. The molecule has 88 valence electrons. The zero-order valence-corrected chi connectivity index (χ0v) is 10.5. The Morgan fingerprint density at radius 2 is 2.00 bits per heavy atom. The summed E-state index contributed by atoms with van der Waals surface area (Å²) in [5.74, 6) is 1.61. The van der Waals surface area contributed by atoms with Gasteiger partial charge in [0.15, 0.2) is 0 Å². The number of benzene rings is 1. The third-order valence-corrected chi connectivity index (χ3v) is 3.67. The van der Waals surface area contributed by atoms with Gasteiger partial charge < -0.3 is 4.74 Å². The van der Waals surface area contributed by atoms with Crippen molar-refractivity contribution in [1.82, 2.24) is 0 Å². The molecule has 0 heterocycles. The van der Waals surface area contributed by atoms with E-state index in [1.54, 1.807) is 0 Å². The number of rotatable bonds is 3. The van der Waals surface area contributed by atoms with Crippen LogP contribution in [0, 0.1) is 0 Å². The molecular formula is C14H19ClO. The van der Waals surface area contributed by atoms with Crippen molar-refractivity contribution in [3.63, 3.8) is 0 Å². The molecule has 0 aliphatic heterocycles. The molecule has 2 unspecified atom stereocenters. The average Bonchev–Trinajstić information content (AvgIpc) is 2.30. The standard InChI is InChI=1S/C14H19ClO/c1-2-16-14-8-6-11(7-9-14)12-4-3-5-13(15)10-12/h6-9,12-13H,2-5,10H2,1H3. The van der Waals surface area contributed by atoms with Gasteiger partial charge in [-0.2, -0.15) is 0 Å². The molecule has 0 aromatic heterocycles. The van der Waals surface area contributed by atoms with Crippen LogP contribution in [0.2, 0.25) is 0 Å². The first-order valence-electron chi connectivity index (χ1n) is 6.16. The predicted molar refractivity (Wildman–Crippen MR) is 68.5 cm³/mol. The molecule has 2 heteroatoms. The fourth-order valence-corrected chi connectivity index (χ4v) is 2.81. The van der Waals surface area contributed by atoms with Crippen LogP contribution in [0.4, 0.5) is 0 Å². The van der Waals surface area contributed by atoms with E-state index in [4.69, 9.17) is 16.3 Å². The Hall–Kier alpha value is -0.690. The van der Waals surface area contributed by atoms with Gasteiger partial charge in [-0.05, 0) is 49.8 Å². The summed E-state index contributed by atoms with van der Waals surface area (Å²) in [5, 5.41) is 0.366. The minimum absolute atomic E-state index is 0.366. The highest BCUT2D eigenvalue weighted by Crippen LogP contribution is 2.35. The van der Waals surface area contributed by atoms with Gasteiger partial charge in [-0.25, -0.2) is 0 Å². The predicted octanol–water partition coefficient (Wildman–Crippen LogP) is 4.35. The van der Waals surface area contributed by atoms with Crippen molar-refractivity contribution in [2.75, 3.05) is 6.61 Å². The van der Waals surface area contributed by atoms with E-state index >= 15 is 0 Å². The van der Waals surface area contributed by atoms with Crippen LogP contribution in [0.5, 0.6) is 5.75 Å². The van der Waals surface area contributed by atoms with Gasteiger partial charge in [-0.3, -0.25) is 0 Å². The normalized spacial score (nSPS) is 25.4. The first kappa shape index (κ1) is 11.8. The average molecular weight is 239 g/mol. The smallest absolute Gasteiger partial charge is 0.119 e. The largest absolute Gasteiger partial charge is 0.494 e. The highest BCUT2D eigenvalue weighted by atomic mass is 35.5. The van der Waals surface area contributed by atoms with Crippen molar-refractivity contribution in [2.45, 2.75) is 43.9 Å². The number of hydrogen-bond acceptors (Lipinski definition) is 1. The van der Waals surface area contributed by atoms with Gasteiger partial charge in [-0.15, -0.1) is 11.6 Å². The summed E-state index contributed by atoms with van der Waals surface area (Å²) in [6.45, 7) is 2.74. The molecule has 1 fully saturated rings. The first-order chi connectivity index (χ1) is 7.79. The molecule has 0 spiro atoms. The minimum Gasteiger partial charge on any atom is -0.494 e. The fourth-order valence-electron chi connectivity index (χ4n) is 2.44. The van der Waals surface area contributed by atoms with Crippen molar-refractivity contribution in [3.8, 4) is 5.75 Å². The lowest BCUT2D eigenvalue weighted by molar-refractivity contribution is 0.340. The van der Waals surface area contributed by atoms with Crippen LogP contribution in [-0.4, -0.2) is 12.0 Å². The summed E-state index contributed by atoms with van der Waals surface area (Å²) >= 11 is 6.22. The SMILES string of the molecule is CCOc1ccc(C2CCCC(Cl)C2)cc1. The lowest BCUT2D eigenvalue weighted by Crippen LogP contribution is -2.13. The molecule has 2 rings (SSSR count). The van der Waals surface area contributed by atoms with Gasteiger partial charge in [0.1, 0.15) is 5.75 Å². The monoisotopic (exact) mass is 238 g/mol. The van der Waals surface area contributed by atoms with Crippen LogP contribution in [-0.2, 0) is 0 Å². The Balaban J connectivity index is 2.03. The van der Waals surface area contributed by atoms with E-state index < -0.39 is 0 Å². The molecule has 1 aromatic rings. The van der Waals surface area contributed by atoms with Crippen LogP contribution < -0.4 is 4.74 Å². The Bertz CT molecular complexity index is 320. The van der Waals surface area contributed by atoms with Gasteiger partial charge in [0.05, 0.1) is 6.61 Å². The molecule has 0 N–H and O–H groups in total. The highest BCUT2D eigenvalue weighted by molar-refractivity contribution is 6.20. The molecule has 1 aromatic carbocycles. The molecule has 1 nitrogen and oxygen atoms in total. The van der Waals surface area contributed by atoms with E-state index in [0.717, 1.165) is 18.8 Å². The van der Waals surface area contributed by atoms with Crippen LogP contribution in [0.1, 0.15) is 44.1 Å². The molecule has 1 saturated carbocycles. The zero-order chi connectivity index (χ0) is 11.4. The third kappa shape index (κ3) is 2.91. The van der Waals surface area contributed by atoms with E-state index in [1.807, 2.05) is 6.92 Å². The van der Waals surface area contributed by atoms with Crippen LogP contribution >= 0.6 is 11.6 Å². The second-order valence-corrected chi connectivity index (χ2v) is 5.08. The molecule has 0 bridgehead atoms. The van der Waals surface area contributed by atoms with Crippen molar-refractivity contribution in [1.29, 1.82) is 0 Å². The maximum absolute atomic E-state index is 6.22. The summed E-state index contributed by atoms with van der Waals surface area (Å²) in [6, 6.07) is 8.50. The van der Waals surface area contributed by atoms with E-state index in [2.05, 4.69) is 24.3 Å². The Morgan fingerprint density at radius 3 is 2.62 bits per heavy atom. The van der Waals surface area contributed by atoms with Crippen LogP contribution in [0.3, 0.4) is 0 Å². The summed E-state index contributed by atoms with van der Waals surface area (Å²) in [4.78, 5) is 0. The van der Waals surface area contributed by atoms with Gasteiger partial charge in [-0.1, -0.05) is 18.6 Å². The van der Waals surface area contributed by atoms with Gasteiger partial charge in [0, 0.05) is 5.38 Å². The summed E-state index contributed by atoms with van der Waals surface area (Å²) in [5.41, 5.74) is 1.41. The Kier molecular flexibility index (Phi) is 4.11. The summed E-state index contributed by atoms with van der Waals surface area (Å²) in [7, 11) is 0. The molecule has 1 aliphatic rings. The van der Waals surface area contributed by atoms with E-state index in [1.165, 1.54) is 24.8 Å². The van der Waals surface area contributed by atoms with E-state index in [-0.39, 0.29) is 0 Å². The third-order valence-electron chi connectivity index (χ3n) is 3.27. The Labute approximate surface area is 103 Å². The molecule has 16 heavy (non-hydrogen) atoms. The zero-order valence-electron chi connectivity index (χ0n) is 9.79. The van der Waals surface area contributed by atoms with Crippen LogP contribution in [0.25, 0.3) is 0 Å². The summed E-state index contributed by atoms with van der Waals surface area (Å²) < 4.78 is 5.44. The van der Waals surface area contributed by atoms with Crippen molar-refractivity contribution in [2.24, 2.45) is 0 Å². The van der Waals surface area contributed by atoms with E-state index in [0.29, 0.717) is 11.3 Å². The van der Waals surface area contributed by atoms with E-state index in [9.17, 15) is 0 Å².